The Balaban J connectivity index is 2.12. The van der Waals surface area contributed by atoms with Crippen LogP contribution in [0.25, 0.3) is 0 Å². The van der Waals surface area contributed by atoms with Gasteiger partial charge < -0.3 is 9.74 Å². The monoisotopic (exact) mass is 417 g/mol. The van der Waals surface area contributed by atoms with E-state index in [-0.39, 0.29) is 5.04 Å². The molecule has 0 aliphatic heterocycles. The zero-order valence-corrected chi connectivity index (χ0v) is 18.2. The lowest BCUT2D eigenvalue weighted by atomic mass is 9.92. The molecule has 1 aliphatic carbocycles. The molecule has 0 aromatic heterocycles. The van der Waals surface area contributed by atoms with Gasteiger partial charge in [-0.2, -0.15) is 0 Å². The van der Waals surface area contributed by atoms with Crippen molar-refractivity contribution in [2.45, 2.75) is 76.7 Å². The number of nitrogens with one attached hydrogen (secondary N) is 1. The van der Waals surface area contributed by atoms with Crippen molar-refractivity contribution in [2.24, 2.45) is 0 Å². The second kappa shape index (κ2) is 7.47. The molecule has 0 bridgehead atoms. The molecule has 0 amide bonds. The van der Waals surface area contributed by atoms with E-state index in [0.717, 1.165) is 28.0 Å². The zero-order valence-electron chi connectivity index (χ0n) is 14.9. The van der Waals surface area contributed by atoms with E-state index in [2.05, 4.69) is 61.2 Å². The van der Waals surface area contributed by atoms with E-state index in [4.69, 9.17) is 16.0 Å². The molecule has 1 aromatic carbocycles. The Bertz CT molecular complexity index is 524. The fourth-order valence-electron chi connectivity index (χ4n) is 2.81. The first-order valence-electron chi connectivity index (χ1n) is 8.49. The van der Waals surface area contributed by atoms with Gasteiger partial charge in [-0.25, -0.2) is 0 Å². The molecule has 0 spiro atoms. The van der Waals surface area contributed by atoms with Gasteiger partial charge in [-0.05, 0) is 49.2 Å². The third-order valence-corrected chi connectivity index (χ3v) is 10.3. The molecule has 2 atom stereocenters. The maximum atomic E-state index is 6.72. The molecule has 5 heteroatoms. The average Bonchev–Trinajstić information content (AvgIpc) is 2.38. The van der Waals surface area contributed by atoms with E-state index in [1.165, 1.54) is 12.8 Å². The normalized spacial score (nSPS) is 22.9. The minimum absolute atomic E-state index is 0.244. The lowest BCUT2D eigenvalue weighted by Gasteiger charge is -2.43. The van der Waals surface area contributed by atoms with E-state index in [9.17, 15) is 0 Å². The van der Waals surface area contributed by atoms with E-state index in [0.29, 0.717) is 12.1 Å². The quantitative estimate of drug-likeness (QED) is 0.540. The van der Waals surface area contributed by atoms with Gasteiger partial charge in [0.15, 0.2) is 8.32 Å². The fraction of sp³-hybridized carbons (Fsp3) is 0.667. The third-order valence-electron chi connectivity index (χ3n) is 5.17. The van der Waals surface area contributed by atoms with Crippen LogP contribution in [0.15, 0.2) is 22.7 Å². The Kier molecular flexibility index (Phi) is 6.26. The minimum atomic E-state index is -1.75. The zero-order chi connectivity index (χ0) is 17.3. The van der Waals surface area contributed by atoms with Crippen molar-refractivity contribution in [2.75, 3.05) is 5.32 Å². The van der Waals surface area contributed by atoms with E-state index in [1.807, 2.05) is 12.1 Å². The van der Waals surface area contributed by atoms with E-state index >= 15 is 0 Å². The van der Waals surface area contributed by atoms with E-state index in [1.54, 1.807) is 0 Å². The molecule has 2 rings (SSSR count). The lowest BCUT2D eigenvalue weighted by molar-refractivity contribution is 0.124. The summed E-state index contributed by atoms with van der Waals surface area (Å²) >= 11 is 9.70. The van der Waals surface area contributed by atoms with Crippen LogP contribution in [0.4, 0.5) is 5.69 Å². The molecule has 1 saturated carbocycles. The summed E-state index contributed by atoms with van der Waals surface area (Å²) in [5, 5.41) is 4.66. The van der Waals surface area contributed by atoms with Gasteiger partial charge in [0.2, 0.25) is 0 Å². The van der Waals surface area contributed by atoms with E-state index < -0.39 is 8.32 Å². The Morgan fingerprint density at radius 1 is 1.17 bits per heavy atom. The Hall–Kier alpha value is -0.0331. The first-order chi connectivity index (χ1) is 10.6. The van der Waals surface area contributed by atoms with Crippen molar-refractivity contribution in [3.05, 3.63) is 27.7 Å². The largest absolute Gasteiger partial charge is 0.412 e. The van der Waals surface area contributed by atoms with Crippen LogP contribution >= 0.6 is 27.5 Å². The summed E-state index contributed by atoms with van der Waals surface area (Å²) in [7, 11) is -1.75. The molecular formula is C18H29BrClNOSi. The predicted molar refractivity (Wildman–Crippen MR) is 107 cm³/mol. The molecule has 0 radical (unpaired) electrons. The summed E-state index contributed by atoms with van der Waals surface area (Å²) in [6, 6.07) is 6.36. The number of halogens is 2. The van der Waals surface area contributed by atoms with Gasteiger partial charge in [-0.3, -0.25) is 0 Å². The highest BCUT2D eigenvalue weighted by molar-refractivity contribution is 9.10. The van der Waals surface area contributed by atoms with Gasteiger partial charge in [-0.1, -0.05) is 61.1 Å². The first-order valence-corrected chi connectivity index (χ1v) is 12.6. The number of hydrogen-bond acceptors (Lipinski definition) is 2. The third kappa shape index (κ3) is 5.22. The number of hydrogen-bond donors (Lipinski definition) is 1. The van der Waals surface area contributed by atoms with Crippen LogP contribution in [0.1, 0.15) is 46.5 Å². The molecular weight excluding hydrogens is 390 g/mol. The highest BCUT2D eigenvalue weighted by atomic mass is 79.9. The average molecular weight is 419 g/mol. The summed E-state index contributed by atoms with van der Waals surface area (Å²) in [6.45, 7) is 11.6. The van der Waals surface area contributed by atoms with Gasteiger partial charge in [0, 0.05) is 15.2 Å². The minimum Gasteiger partial charge on any atom is -0.412 e. The molecule has 0 heterocycles. The molecule has 1 N–H and O–H groups in total. The van der Waals surface area contributed by atoms with Crippen molar-refractivity contribution in [3.63, 3.8) is 0 Å². The number of anilines is 1. The summed E-state index contributed by atoms with van der Waals surface area (Å²) < 4.78 is 7.72. The Labute approximate surface area is 155 Å². The van der Waals surface area contributed by atoms with Gasteiger partial charge in [0.05, 0.1) is 12.1 Å². The van der Waals surface area contributed by atoms with Crippen LogP contribution in [0.3, 0.4) is 0 Å². The van der Waals surface area contributed by atoms with Gasteiger partial charge in [0.1, 0.15) is 0 Å². The van der Waals surface area contributed by atoms with Crippen LogP contribution in [0.5, 0.6) is 0 Å². The molecule has 23 heavy (non-hydrogen) atoms. The molecule has 1 fully saturated rings. The van der Waals surface area contributed by atoms with Gasteiger partial charge in [-0.15, -0.1) is 0 Å². The summed E-state index contributed by atoms with van der Waals surface area (Å²) in [6.07, 6.45) is 5.12. The SMILES string of the molecule is CC(C)(C)[Si](C)(C)O[C@@H]1CCCC[C@H]1Nc1cc(Cl)cc(Br)c1. The van der Waals surface area contributed by atoms with Crippen molar-refractivity contribution in [3.8, 4) is 0 Å². The predicted octanol–water partition coefficient (Wildman–Crippen LogP) is 6.85. The Morgan fingerprint density at radius 2 is 1.83 bits per heavy atom. The smallest absolute Gasteiger partial charge is 0.192 e. The second-order valence-corrected chi connectivity index (χ2v) is 14.2. The maximum Gasteiger partial charge on any atom is 0.192 e. The summed E-state index contributed by atoms with van der Waals surface area (Å²) in [5.41, 5.74) is 1.07. The Morgan fingerprint density at radius 3 is 2.43 bits per heavy atom. The summed E-state index contributed by atoms with van der Waals surface area (Å²) in [5.74, 6) is 0. The van der Waals surface area contributed by atoms with Crippen molar-refractivity contribution in [1.82, 2.24) is 0 Å². The molecule has 1 aliphatic rings. The molecule has 1 aromatic rings. The highest BCUT2D eigenvalue weighted by Crippen LogP contribution is 2.39. The number of benzene rings is 1. The maximum absolute atomic E-state index is 6.72. The van der Waals surface area contributed by atoms with Crippen molar-refractivity contribution < 1.29 is 4.43 Å². The molecule has 130 valence electrons. The second-order valence-electron chi connectivity index (χ2n) is 8.11. The highest BCUT2D eigenvalue weighted by Gasteiger charge is 2.41. The van der Waals surface area contributed by atoms with Crippen LogP contribution in [0, 0.1) is 0 Å². The summed E-state index contributed by atoms with van der Waals surface area (Å²) in [4.78, 5) is 0. The van der Waals surface area contributed by atoms with Crippen LogP contribution in [0.2, 0.25) is 23.2 Å². The van der Waals surface area contributed by atoms with Crippen LogP contribution < -0.4 is 5.32 Å². The lowest BCUT2D eigenvalue weighted by Crippen LogP contribution is -2.49. The topological polar surface area (TPSA) is 21.3 Å². The van der Waals surface area contributed by atoms with Crippen LogP contribution in [-0.4, -0.2) is 20.5 Å². The number of rotatable bonds is 4. The van der Waals surface area contributed by atoms with Crippen LogP contribution in [-0.2, 0) is 4.43 Å². The fourth-order valence-corrected chi connectivity index (χ4v) is 5.06. The van der Waals surface area contributed by atoms with Gasteiger partial charge >= 0.3 is 0 Å². The molecule has 0 saturated heterocycles. The van der Waals surface area contributed by atoms with Gasteiger partial charge in [0.25, 0.3) is 0 Å². The van der Waals surface area contributed by atoms with Crippen molar-refractivity contribution >= 4 is 41.5 Å². The standard InChI is InChI=1S/C18H29BrClNOSi/c1-18(2,3)23(4,5)22-17-9-7-6-8-16(17)21-15-11-13(19)10-14(20)12-15/h10-12,16-17,21H,6-9H2,1-5H3/t16-,17-/m1/s1. The molecule has 2 nitrogen and oxygen atoms in total. The first kappa shape index (κ1) is 19.3. The van der Waals surface area contributed by atoms with Crippen molar-refractivity contribution in [1.29, 1.82) is 0 Å². The molecule has 0 unspecified atom stereocenters.